The lowest BCUT2D eigenvalue weighted by Crippen LogP contribution is -2.34. The van der Waals surface area contributed by atoms with Gasteiger partial charge in [0.1, 0.15) is 5.82 Å². The summed E-state index contributed by atoms with van der Waals surface area (Å²) in [7, 11) is 0. The van der Waals surface area contributed by atoms with E-state index in [1.54, 1.807) is 12.1 Å². The molecule has 17 heavy (non-hydrogen) atoms. The molecule has 1 aromatic rings. The van der Waals surface area contributed by atoms with Crippen molar-refractivity contribution in [3.63, 3.8) is 0 Å². The highest BCUT2D eigenvalue weighted by Crippen LogP contribution is 2.19. The van der Waals surface area contributed by atoms with Crippen LogP contribution in [0.25, 0.3) is 0 Å². The van der Waals surface area contributed by atoms with Gasteiger partial charge in [-0.1, -0.05) is 39.8 Å². The molecule has 0 fully saturated rings. The van der Waals surface area contributed by atoms with E-state index in [0.29, 0.717) is 5.56 Å². The van der Waals surface area contributed by atoms with Crippen molar-refractivity contribution in [1.82, 2.24) is 5.32 Å². The highest BCUT2D eigenvalue weighted by molar-refractivity contribution is 5.20. The second-order valence-electron chi connectivity index (χ2n) is 3.57. The Morgan fingerprint density at radius 2 is 1.94 bits per heavy atom. The molecule has 0 aromatic heterocycles. The minimum absolute atomic E-state index is 0.0169. The summed E-state index contributed by atoms with van der Waals surface area (Å²) in [6.45, 7) is 8.78. The van der Waals surface area contributed by atoms with Gasteiger partial charge in [-0.05, 0) is 30.7 Å². The fourth-order valence-electron chi connectivity index (χ4n) is 1.66. The molecule has 98 valence electrons. The standard InChI is InChI=1S/C12H18FNO.C2H6/c1-3-11(14-4-2)12(15)9-6-5-7-10(13)8-9;1-2/h5-8,11-12,14-15H,3-4H2,1-2H3;1-2H3. The van der Waals surface area contributed by atoms with E-state index < -0.39 is 6.10 Å². The molecule has 2 unspecified atom stereocenters. The molecule has 0 aliphatic heterocycles. The van der Waals surface area contributed by atoms with Gasteiger partial charge in [0.15, 0.2) is 0 Å². The minimum atomic E-state index is -0.648. The first-order chi connectivity index (χ1) is 8.19. The Labute approximate surface area is 104 Å². The molecule has 0 saturated carbocycles. The molecule has 2 atom stereocenters. The van der Waals surface area contributed by atoms with Crippen LogP contribution in [0.15, 0.2) is 24.3 Å². The number of likely N-dealkylation sites (N-methyl/N-ethyl adjacent to an activating group) is 1. The first-order valence-electron chi connectivity index (χ1n) is 6.36. The molecule has 3 heteroatoms. The van der Waals surface area contributed by atoms with Crippen LogP contribution in [0.5, 0.6) is 0 Å². The SMILES string of the molecule is CC.CCNC(CC)C(O)c1cccc(F)c1. The van der Waals surface area contributed by atoms with Gasteiger partial charge in [-0.2, -0.15) is 0 Å². The van der Waals surface area contributed by atoms with E-state index in [9.17, 15) is 9.50 Å². The maximum Gasteiger partial charge on any atom is 0.123 e. The Hall–Kier alpha value is -0.930. The van der Waals surface area contributed by atoms with Gasteiger partial charge in [-0.3, -0.25) is 0 Å². The van der Waals surface area contributed by atoms with Crippen molar-refractivity contribution in [2.45, 2.75) is 46.3 Å². The molecule has 1 aromatic carbocycles. The lowest BCUT2D eigenvalue weighted by atomic mass is 10.0. The van der Waals surface area contributed by atoms with Crippen LogP contribution < -0.4 is 5.32 Å². The van der Waals surface area contributed by atoms with E-state index in [2.05, 4.69) is 5.32 Å². The van der Waals surface area contributed by atoms with Crippen LogP contribution >= 0.6 is 0 Å². The maximum atomic E-state index is 12.9. The zero-order valence-electron chi connectivity index (χ0n) is 11.2. The summed E-state index contributed by atoms with van der Waals surface area (Å²) < 4.78 is 12.9. The number of halogens is 1. The monoisotopic (exact) mass is 241 g/mol. The Balaban J connectivity index is 0.00000121. The quantitative estimate of drug-likeness (QED) is 0.829. The third kappa shape index (κ3) is 5.29. The molecular formula is C14H24FNO. The van der Waals surface area contributed by atoms with Crippen LogP contribution in [-0.4, -0.2) is 17.7 Å². The Bertz CT molecular complexity index is 304. The van der Waals surface area contributed by atoms with Gasteiger partial charge in [-0.25, -0.2) is 4.39 Å². The molecule has 0 aliphatic rings. The van der Waals surface area contributed by atoms with Crippen molar-refractivity contribution in [2.75, 3.05) is 6.54 Å². The Morgan fingerprint density at radius 3 is 2.41 bits per heavy atom. The molecule has 2 nitrogen and oxygen atoms in total. The number of aliphatic hydroxyl groups excluding tert-OH is 1. The number of rotatable bonds is 5. The van der Waals surface area contributed by atoms with Crippen LogP contribution in [0.4, 0.5) is 4.39 Å². The van der Waals surface area contributed by atoms with E-state index in [-0.39, 0.29) is 11.9 Å². The van der Waals surface area contributed by atoms with Gasteiger partial charge in [0.05, 0.1) is 6.10 Å². The molecule has 0 radical (unpaired) electrons. The number of benzene rings is 1. The summed E-state index contributed by atoms with van der Waals surface area (Å²) in [5.74, 6) is -0.307. The minimum Gasteiger partial charge on any atom is -0.387 e. The molecule has 2 N–H and O–H groups in total. The molecule has 0 amide bonds. The van der Waals surface area contributed by atoms with E-state index >= 15 is 0 Å². The second kappa shape index (κ2) is 9.14. The first-order valence-corrected chi connectivity index (χ1v) is 6.36. The van der Waals surface area contributed by atoms with E-state index in [1.807, 2.05) is 27.7 Å². The van der Waals surface area contributed by atoms with Crippen molar-refractivity contribution in [3.05, 3.63) is 35.6 Å². The van der Waals surface area contributed by atoms with Gasteiger partial charge >= 0.3 is 0 Å². The fraction of sp³-hybridized carbons (Fsp3) is 0.571. The van der Waals surface area contributed by atoms with Gasteiger partial charge in [0, 0.05) is 6.04 Å². The maximum absolute atomic E-state index is 12.9. The highest BCUT2D eigenvalue weighted by Gasteiger charge is 2.18. The molecular weight excluding hydrogens is 217 g/mol. The zero-order chi connectivity index (χ0) is 13.3. The van der Waals surface area contributed by atoms with E-state index in [0.717, 1.165) is 13.0 Å². The molecule has 0 spiro atoms. The van der Waals surface area contributed by atoms with Gasteiger partial charge in [-0.15, -0.1) is 0 Å². The number of hydrogen-bond acceptors (Lipinski definition) is 2. The predicted molar refractivity (Wildman–Crippen MR) is 70.5 cm³/mol. The lowest BCUT2D eigenvalue weighted by Gasteiger charge is -2.22. The third-order valence-electron chi connectivity index (χ3n) is 2.48. The highest BCUT2D eigenvalue weighted by atomic mass is 19.1. The largest absolute Gasteiger partial charge is 0.387 e. The third-order valence-corrected chi connectivity index (χ3v) is 2.48. The van der Waals surface area contributed by atoms with Gasteiger partial charge in [0.25, 0.3) is 0 Å². The first kappa shape index (κ1) is 16.1. The van der Waals surface area contributed by atoms with Crippen molar-refractivity contribution < 1.29 is 9.50 Å². The Kier molecular flexibility index (Phi) is 8.64. The van der Waals surface area contributed by atoms with E-state index in [4.69, 9.17) is 0 Å². The zero-order valence-corrected chi connectivity index (χ0v) is 11.2. The number of hydrogen-bond donors (Lipinski definition) is 2. The summed E-state index contributed by atoms with van der Waals surface area (Å²) in [5, 5.41) is 13.2. The topological polar surface area (TPSA) is 32.3 Å². The average Bonchev–Trinajstić information content (AvgIpc) is 2.37. The number of aliphatic hydroxyl groups is 1. The molecule has 0 bridgehead atoms. The van der Waals surface area contributed by atoms with Crippen LogP contribution in [0.2, 0.25) is 0 Å². The summed E-state index contributed by atoms with van der Waals surface area (Å²) in [6, 6.07) is 6.10. The summed E-state index contributed by atoms with van der Waals surface area (Å²) in [6.07, 6.45) is 0.163. The molecule has 1 rings (SSSR count). The predicted octanol–water partition coefficient (Wildman–Crippen LogP) is 3.27. The molecule has 0 aliphatic carbocycles. The van der Waals surface area contributed by atoms with Crippen LogP contribution in [-0.2, 0) is 0 Å². The molecule has 0 saturated heterocycles. The summed E-state index contributed by atoms with van der Waals surface area (Å²) >= 11 is 0. The molecule has 0 heterocycles. The van der Waals surface area contributed by atoms with Crippen molar-refractivity contribution in [2.24, 2.45) is 0 Å². The smallest absolute Gasteiger partial charge is 0.123 e. The van der Waals surface area contributed by atoms with Gasteiger partial charge < -0.3 is 10.4 Å². The van der Waals surface area contributed by atoms with Crippen molar-refractivity contribution >= 4 is 0 Å². The Morgan fingerprint density at radius 1 is 1.29 bits per heavy atom. The fourth-order valence-corrected chi connectivity index (χ4v) is 1.66. The number of nitrogens with one attached hydrogen (secondary N) is 1. The van der Waals surface area contributed by atoms with Crippen LogP contribution in [0.3, 0.4) is 0 Å². The summed E-state index contributed by atoms with van der Waals surface area (Å²) in [5.41, 5.74) is 0.628. The normalized spacial score (nSPS) is 13.5. The van der Waals surface area contributed by atoms with Gasteiger partial charge in [0.2, 0.25) is 0 Å². The van der Waals surface area contributed by atoms with E-state index in [1.165, 1.54) is 12.1 Å². The average molecular weight is 241 g/mol. The van der Waals surface area contributed by atoms with Crippen LogP contribution in [0.1, 0.15) is 45.8 Å². The summed E-state index contributed by atoms with van der Waals surface area (Å²) in [4.78, 5) is 0. The van der Waals surface area contributed by atoms with Crippen molar-refractivity contribution in [3.8, 4) is 0 Å². The van der Waals surface area contributed by atoms with Crippen molar-refractivity contribution in [1.29, 1.82) is 0 Å². The second-order valence-corrected chi connectivity index (χ2v) is 3.57. The van der Waals surface area contributed by atoms with Crippen LogP contribution in [0, 0.1) is 5.82 Å². The lowest BCUT2D eigenvalue weighted by molar-refractivity contribution is 0.127.